The minimum atomic E-state index is 0.397. The highest BCUT2D eigenvalue weighted by Gasteiger charge is 2.11. The molecule has 0 aliphatic heterocycles. The molecule has 18 heavy (non-hydrogen) atoms. The molecule has 0 saturated heterocycles. The van der Waals surface area contributed by atoms with E-state index in [0.717, 1.165) is 32.7 Å². The molecule has 0 saturated carbocycles. The van der Waals surface area contributed by atoms with Crippen LogP contribution >= 0.6 is 0 Å². The minimum absolute atomic E-state index is 0.397. The molecule has 0 amide bonds. The maximum Gasteiger partial charge on any atom is 0.0487 e. The Hall–Kier alpha value is -0.900. The SMILES string of the molecule is COCCCOCCC(CN)c1ccccc1C. The Kier molecular flexibility index (Phi) is 7.65. The van der Waals surface area contributed by atoms with Crippen LogP contribution in [0, 0.1) is 6.92 Å². The number of methoxy groups -OCH3 is 1. The van der Waals surface area contributed by atoms with Crippen LogP contribution in [0.3, 0.4) is 0 Å². The van der Waals surface area contributed by atoms with Crippen LogP contribution < -0.4 is 5.73 Å². The summed E-state index contributed by atoms with van der Waals surface area (Å²) >= 11 is 0. The Morgan fingerprint density at radius 2 is 1.94 bits per heavy atom. The van der Waals surface area contributed by atoms with Gasteiger partial charge in [0, 0.05) is 26.9 Å². The molecular weight excluding hydrogens is 226 g/mol. The molecule has 1 rings (SSSR count). The lowest BCUT2D eigenvalue weighted by molar-refractivity contribution is 0.0984. The molecule has 1 unspecified atom stereocenters. The zero-order valence-electron chi connectivity index (χ0n) is 11.5. The number of ether oxygens (including phenoxy) is 2. The molecule has 0 aliphatic rings. The fraction of sp³-hybridized carbons (Fsp3) is 0.600. The van der Waals surface area contributed by atoms with Gasteiger partial charge < -0.3 is 15.2 Å². The normalized spacial score (nSPS) is 12.6. The maximum atomic E-state index is 5.86. The van der Waals surface area contributed by atoms with Crippen molar-refractivity contribution in [1.29, 1.82) is 0 Å². The summed E-state index contributed by atoms with van der Waals surface area (Å²) in [6, 6.07) is 8.44. The molecule has 1 aromatic carbocycles. The van der Waals surface area contributed by atoms with Gasteiger partial charge in [0.05, 0.1) is 0 Å². The smallest absolute Gasteiger partial charge is 0.0487 e. The summed E-state index contributed by atoms with van der Waals surface area (Å²) in [5.74, 6) is 0.397. The van der Waals surface area contributed by atoms with E-state index in [4.69, 9.17) is 15.2 Å². The van der Waals surface area contributed by atoms with E-state index in [1.807, 2.05) is 0 Å². The van der Waals surface area contributed by atoms with Gasteiger partial charge in [-0.3, -0.25) is 0 Å². The van der Waals surface area contributed by atoms with E-state index < -0.39 is 0 Å². The van der Waals surface area contributed by atoms with E-state index in [-0.39, 0.29) is 0 Å². The monoisotopic (exact) mass is 251 g/mol. The summed E-state index contributed by atoms with van der Waals surface area (Å²) in [7, 11) is 1.71. The van der Waals surface area contributed by atoms with Gasteiger partial charge in [-0.05, 0) is 43.4 Å². The third-order valence-corrected chi connectivity index (χ3v) is 3.16. The van der Waals surface area contributed by atoms with Crippen LogP contribution in [-0.4, -0.2) is 33.5 Å². The van der Waals surface area contributed by atoms with Crippen molar-refractivity contribution in [2.75, 3.05) is 33.5 Å². The zero-order chi connectivity index (χ0) is 13.2. The Morgan fingerprint density at radius 3 is 2.61 bits per heavy atom. The van der Waals surface area contributed by atoms with Gasteiger partial charge in [-0.15, -0.1) is 0 Å². The van der Waals surface area contributed by atoms with E-state index in [2.05, 4.69) is 31.2 Å². The molecule has 102 valence electrons. The largest absolute Gasteiger partial charge is 0.385 e. The van der Waals surface area contributed by atoms with Crippen LogP contribution in [0.25, 0.3) is 0 Å². The van der Waals surface area contributed by atoms with Gasteiger partial charge >= 0.3 is 0 Å². The zero-order valence-corrected chi connectivity index (χ0v) is 11.5. The summed E-state index contributed by atoms with van der Waals surface area (Å²) in [4.78, 5) is 0. The average molecular weight is 251 g/mol. The number of benzene rings is 1. The summed E-state index contributed by atoms with van der Waals surface area (Å²) in [5.41, 5.74) is 8.52. The number of aryl methyl sites for hydroxylation is 1. The second kappa shape index (κ2) is 9.09. The third-order valence-electron chi connectivity index (χ3n) is 3.16. The van der Waals surface area contributed by atoms with Crippen LogP contribution in [-0.2, 0) is 9.47 Å². The van der Waals surface area contributed by atoms with Crippen molar-refractivity contribution in [1.82, 2.24) is 0 Å². The first-order valence-electron chi connectivity index (χ1n) is 6.62. The number of hydrogen-bond acceptors (Lipinski definition) is 3. The van der Waals surface area contributed by atoms with E-state index in [1.165, 1.54) is 11.1 Å². The fourth-order valence-corrected chi connectivity index (χ4v) is 2.08. The Labute approximate surface area is 110 Å². The maximum absolute atomic E-state index is 5.86. The van der Waals surface area contributed by atoms with E-state index in [0.29, 0.717) is 12.5 Å². The van der Waals surface area contributed by atoms with Crippen molar-refractivity contribution in [2.24, 2.45) is 5.73 Å². The molecule has 0 aromatic heterocycles. The third kappa shape index (κ3) is 5.17. The Morgan fingerprint density at radius 1 is 1.17 bits per heavy atom. The van der Waals surface area contributed by atoms with Crippen molar-refractivity contribution >= 4 is 0 Å². The van der Waals surface area contributed by atoms with Gasteiger partial charge in [0.1, 0.15) is 0 Å². The summed E-state index contributed by atoms with van der Waals surface area (Å²) < 4.78 is 10.6. The second-order valence-corrected chi connectivity index (χ2v) is 4.54. The highest BCUT2D eigenvalue weighted by molar-refractivity contribution is 5.29. The molecule has 0 fully saturated rings. The summed E-state index contributed by atoms with van der Waals surface area (Å²) in [6.07, 6.45) is 1.93. The standard InChI is InChI=1S/C15H25NO2/c1-13-6-3-4-7-15(13)14(12-16)8-11-18-10-5-9-17-2/h3-4,6-7,14H,5,8-12,16H2,1-2H3. The van der Waals surface area contributed by atoms with Gasteiger partial charge in [0.25, 0.3) is 0 Å². The van der Waals surface area contributed by atoms with Gasteiger partial charge in [-0.2, -0.15) is 0 Å². The first-order chi connectivity index (χ1) is 8.79. The molecule has 1 aromatic rings. The van der Waals surface area contributed by atoms with Gasteiger partial charge in [0.15, 0.2) is 0 Å². The van der Waals surface area contributed by atoms with Gasteiger partial charge in [0.2, 0.25) is 0 Å². The average Bonchev–Trinajstić information content (AvgIpc) is 2.39. The van der Waals surface area contributed by atoms with E-state index >= 15 is 0 Å². The van der Waals surface area contributed by atoms with E-state index in [1.54, 1.807) is 7.11 Å². The predicted octanol–water partition coefficient (Wildman–Crippen LogP) is 2.48. The second-order valence-electron chi connectivity index (χ2n) is 4.54. The topological polar surface area (TPSA) is 44.5 Å². The van der Waals surface area contributed by atoms with Crippen molar-refractivity contribution in [3.8, 4) is 0 Å². The highest BCUT2D eigenvalue weighted by atomic mass is 16.5. The molecule has 0 radical (unpaired) electrons. The lowest BCUT2D eigenvalue weighted by atomic mass is 9.92. The van der Waals surface area contributed by atoms with Crippen molar-refractivity contribution in [2.45, 2.75) is 25.7 Å². The van der Waals surface area contributed by atoms with Gasteiger partial charge in [-0.1, -0.05) is 24.3 Å². The first-order valence-corrected chi connectivity index (χ1v) is 6.62. The molecule has 3 heteroatoms. The minimum Gasteiger partial charge on any atom is -0.385 e. The molecule has 0 spiro atoms. The van der Waals surface area contributed by atoms with Crippen LogP contribution in [0.5, 0.6) is 0 Å². The highest BCUT2D eigenvalue weighted by Crippen LogP contribution is 2.21. The number of rotatable bonds is 9. The molecular formula is C15H25NO2. The van der Waals surface area contributed by atoms with Crippen molar-refractivity contribution < 1.29 is 9.47 Å². The molecule has 2 N–H and O–H groups in total. The molecule has 0 heterocycles. The molecule has 0 aliphatic carbocycles. The number of nitrogens with two attached hydrogens (primary N) is 1. The molecule has 3 nitrogen and oxygen atoms in total. The fourth-order valence-electron chi connectivity index (χ4n) is 2.08. The Balaban J connectivity index is 2.32. The Bertz CT molecular complexity index is 328. The lowest BCUT2D eigenvalue weighted by Crippen LogP contribution is -2.16. The lowest BCUT2D eigenvalue weighted by Gasteiger charge is -2.17. The van der Waals surface area contributed by atoms with Crippen LogP contribution in [0.15, 0.2) is 24.3 Å². The van der Waals surface area contributed by atoms with Gasteiger partial charge in [-0.25, -0.2) is 0 Å². The summed E-state index contributed by atoms with van der Waals surface area (Å²) in [5, 5.41) is 0. The first kappa shape index (κ1) is 15.2. The van der Waals surface area contributed by atoms with Crippen LogP contribution in [0.4, 0.5) is 0 Å². The summed E-state index contributed by atoms with van der Waals surface area (Å²) in [6.45, 7) is 5.10. The quantitative estimate of drug-likeness (QED) is 0.686. The van der Waals surface area contributed by atoms with Crippen molar-refractivity contribution in [3.05, 3.63) is 35.4 Å². The van der Waals surface area contributed by atoms with Crippen molar-refractivity contribution in [3.63, 3.8) is 0 Å². The van der Waals surface area contributed by atoms with Crippen LogP contribution in [0.1, 0.15) is 29.9 Å². The number of hydrogen-bond donors (Lipinski definition) is 1. The van der Waals surface area contributed by atoms with E-state index in [9.17, 15) is 0 Å². The predicted molar refractivity (Wildman–Crippen MR) is 74.9 cm³/mol. The molecule has 0 bridgehead atoms. The molecule has 1 atom stereocenters. The van der Waals surface area contributed by atoms with Crippen LogP contribution in [0.2, 0.25) is 0 Å².